The summed E-state index contributed by atoms with van der Waals surface area (Å²) < 4.78 is 0. The van der Waals surface area contributed by atoms with E-state index in [9.17, 15) is 4.79 Å². The van der Waals surface area contributed by atoms with Gasteiger partial charge in [0.2, 0.25) is 0 Å². The Morgan fingerprint density at radius 1 is 1.62 bits per heavy atom. The standard InChI is InChI=1S/C9H8N2OS/c1-13-8-4-2-3-7(5-8)9(12)6-11-10/h2-6H,1H3. The molecule has 0 heterocycles. The lowest BCUT2D eigenvalue weighted by molar-refractivity contribution is 0.00234. The summed E-state index contributed by atoms with van der Waals surface area (Å²) in [6, 6.07) is 7.15. The van der Waals surface area contributed by atoms with Crippen LogP contribution >= 0.6 is 11.8 Å². The molecule has 0 atom stereocenters. The Kier molecular flexibility index (Phi) is 3.43. The van der Waals surface area contributed by atoms with Crippen LogP contribution in [-0.4, -0.2) is 23.0 Å². The maximum Gasteiger partial charge on any atom is 0.328 e. The van der Waals surface area contributed by atoms with Crippen LogP contribution in [0.5, 0.6) is 0 Å². The molecule has 4 heteroatoms. The molecule has 0 saturated heterocycles. The maximum atomic E-state index is 11.2. The molecule has 0 amide bonds. The lowest BCUT2D eigenvalue weighted by Gasteiger charge is -1.96. The molecule has 1 rings (SSSR count). The molecule has 13 heavy (non-hydrogen) atoms. The number of thioether (sulfide) groups is 1. The van der Waals surface area contributed by atoms with Crippen LogP contribution in [0.15, 0.2) is 29.2 Å². The van der Waals surface area contributed by atoms with Crippen molar-refractivity contribution >= 4 is 23.8 Å². The van der Waals surface area contributed by atoms with Gasteiger partial charge in [0.25, 0.3) is 5.78 Å². The first-order valence-corrected chi connectivity index (χ1v) is 4.86. The Morgan fingerprint density at radius 2 is 2.38 bits per heavy atom. The smallest absolute Gasteiger partial charge is 0.328 e. The molecule has 1 aromatic carbocycles. The second-order valence-electron chi connectivity index (χ2n) is 2.34. The molecule has 0 aromatic heterocycles. The second-order valence-corrected chi connectivity index (χ2v) is 3.22. The van der Waals surface area contributed by atoms with Crippen molar-refractivity contribution in [3.63, 3.8) is 0 Å². The highest BCUT2D eigenvalue weighted by molar-refractivity contribution is 7.98. The number of nitrogens with zero attached hydrogens (tertiary/aromatic N) is 2. The first-order valence-electron chi connectivity index (χ1n) is 3.63. The number of carbonyl (C=O) groups excluding carboxylic acids is 1. The fourth-order valence-electron chi connectivity index (χ4n) is 0.903. The number of carbonyl (C=O) groups is 1. The van der Waals surface area contributed by atoms with Crippen molar-refractivity contribution in [3.8, 4) is 0 Å². The number of ketones is 1. The zero-order chi connectivity index (χ0) is 9.68. The molecule has 3 nitrogen and oxygen atoms in total. The van der Waals surface area contributed by atoms with Gasteiger partial charge in [0.1, 0.15) is 0 Å². The van der Waals surface area contributed by atoms with Gasteiger partial charge in [0, 0.05) is 10.5 Å². The predicted molar refractivity (Wildman–Crippen MR) is 52.2 cm³/mol. The van der Waals surface area contributed by atoms with Crippen LogP contribution in [0, 0.1) is 0 Å². The van der Waals surface area contributed by atoms with Gasteiger partial charge >= 0.3 is 6.21 Å². The quantitative estimate of drug-likeness (QED) is 0.241. The van der Waals surface area contributed by atoms with Crippen LogP contribution < -0.4 is 0 Å². The second kappa shape index (κ2) is 4.60. The Hall–Kier alpha value is -1.38. The molecule has 0 aliphatic rings. The molecule has 0 radical (unpaired) electrons. The first-order chi connectivity index (χ1) is 6.27. The van der Waals surface area contributed by atoms with E-state index in [1.54, 1.807) is 30.0 Å². The molecule has 66 valence electrons. The Bertz CT molecular complexity index is 370. The Balaban J connectivity index is 3.01. The van der Waals surface area contributed by atoms with E-state index < -0.39 is 0 Å². The number of hydrogen-bond donors (Lipinski definition) is 0. The summed E-state index contributed by atoms with van der Waals surface area (Å²) in [5.74, 6) is -0.293. The third-order valence-corrected chi connectivity index (χ3v) is 2.25. The Morgan fingerprint density at radius 3 is 3.00 bits per heavy atom. The fraction of sp³-hybridized carbons (Fsp3) is 0.111. The van der Waals surface area contributed by atoms with E-state index in [4.69, 9.17) is 5.53 Å². The van der Waals surface area contributed by atoms with E-state index in [2.05, 4.69) is 4.79 Å². The van der Waals surface area contributed by atoms with E-state index in [0.717, 1.165) is 11.1 Å². The van der Waals surface area contributed by atoms with Gasteiger partial charge in [0.15, 0.2) is 0 Å². The summed E-state index contributed by atoms with van der Waals surface area (Å²) in [5.41, 5.74) is 8.70. The minimum atomic E-state index is -0.293. The van der Waals surface area contributed by atoms with Crippen LogP contribution in [0.2, 0.25) is 0 Å². The van der Waals surface area contributed by atoms with Gasteiger partial charge in [-0.15, -0.1) is 11.8 Å². The molecule has 0 spiro atoms. The molecule has 0 saturated carbocycles. The molecule has 0 unspecified atom stereocenters. The summed E-state index contributed by atoms with van der Waals surface area (Å²) in [7, 11) is 0. The largest absolute Gasteiger partial charge is 0.361 e. The summed E-state index contributed by atoms with van der Waals surface area (Å²) in [4.78, 5) is 14.9. The minimum Gasteiger partial charge on any atom is -0.361 e. The van der Waals surface area contributed by atoms with Crippen LogP contribution in [-0.2, 0) is 0 Å². The average molecular weight is 192 g/mol. The van der Waals surface area contributed by atoms with Gasteiger partial charge in [-0.2, -0.15) is 4.79 Å². The number of hydrogen-bond acceptors (Lipinski definition) is 2. The van der Waals surface area contributed by atoms with Gasteiger partial charge in [-0.3, -0.25) is 4.79 Å². The van der Waals surface area contributed by atoms with E-state index in [0.29, 0.717) is 5.56 Å². The zero-order valence-electron chi connectivity index (χ0n) is 7.10. The highest BCUT2D eigenvalue weighted by Gasteiger charge is 2.06. The lowest BCUT2D eigenvalue weighted by atomic mass is 10.1. The molecule has 1 aromatic rings. The van der Waals surface area contributed by atoms with E-state index in [1.807, 2.05) is 12.3 Å². The van der Waals surface area contributed by atoms with Crippen molar-refractivity contribution in [2.45, 2.75) is 4.90 Å². The number of benzene rings is 1. The molecule has 0 aliphatic carbocycles. The lowest BCUT2D eigenvalue weighted by Crippen LogP contribution is -2.00. The van der Waals surface area contributed by atoms with E-state index in [-0.39, 0.29) is 5.78 Å². The highest BCUT2D eigenvalue weighted by atomic mass is 32.2. The third kappa shape index (κ3) is 2.54. The normalized spacial score (nSPS) is 9.00. The van der Waals surface area contributed by atoms with Gasteiger partial charge in [-0.25, -0.2) is 0 Å². The summed E-state index contributed by atoms with van der Waals surface area (Å²) >= 11 is 1.56. The average Bonchev–Trinajstić information content (AvgIpc) is 2.18. The van der Waals surface area contributed by atoms with Crippen molar-refractivity contribution in [2.24, 2.45) is 0 Å². The molecule has 0 aliphatic heterocycles. The van der Waals surface area contributed by atoms with Gasteiger partial charge in [-0.05, 0) is 18.4 Å². The van der Waals surface area contributed by atoms with Crippen LogP contribution in [0.25, 0.3) is 5.53 Å². The summed E-state index contributed by atoms with van der Waals surface area (Å²) in [6.45, 7) is 0. The van der Waals surface area contributed by atoms with Crippen LogP contribution in [0.1, 0.15) is 10.4 Å². The molecule has 0 bridgehead atoms. The van der Waals surface area contributed by atoms with Gasteiger partial charge in [0.05, 0.1) is 0 Å². The SMILES string of the molecule is CSc1cccc(C(=O)C=[N+]=[N-])c1. The third-order valence-electron chi connectivity index (χ3n) is 1.53. The van der Waals surface area contributed by atoms with Crippen molar-refractivity contribution in [2.75, 3.05) is 6.26 Å². The molecule has 0 N–H and O–H groups in total. The van der Waals surface area contributed by atoms with Crippen molar-refractivity contribution in [1.29, 1.82) is 0 Å². The van der Waals surface area contributed by atoms with E-state index in [1.165, 1.54) is 0 Å². The molecule has 0 fully saturated rings. The summed E-state index contributed by atoms with van der Waals surface area (Å²) in [6.07, 6.45) is 2.82. The number of Topliss-reactive ketones (excluding diaryl/α,β-unsaturated/α-hetero) is 1. The maximum absolute atomic E-state index is 11.2. The van der Waals surface area contributed by atoms with Crippen molar-refractivity contribution in [3.05, 3.63) is 35.4 Å². The van der Waals surface area contributed by atoms with Crippen molar-refractivity contribution < 1.29 is 9.58 Å². The minimum absolute atomic E-state index is 0.293. The van der Waals surface area contributed by atoms with Crippen molar-refractivity contribution in [1.82, 2.24) is 0 Å². The zero-order valence-corrected chi connectivity index (χ0v) is 7.91. The van der Waals surface area contributed by atoms with Gasteiger partial charge < -0.3 is 5.53 Å². The monoisotopic (exact) mass is 192 g/mol. The molecular formula is C9H8N2OS. The fourth-order valence-corrected chi connectivity index (χ4v) is 1.36. The molecular weight excluding hydrogens is 184 g/mol. The van der Waals surface area contributed by atoms with Gasteiger partial charge in [-0.1, -0.05) is 12.1 Å². The van der Waals surface area contributed by atoms with Crippen LogP contribution in [0.3, 0.4) is 0 Å². The van der Waals surface area contributed by atoms with E-state index >= 15 is 0 Å². The topological polar surface area (TPSA) is 53.5 Å². The summed E-state index contributed by atoms with van der Waals surface area (Å²) in [5, 5.41) is 0. The Labute approximate surface area is 80.4 Å². The van der Waals surface area contributed by atoms with Crippen LogP contribution in [0.4, 0.5) is 0 Å². The predicted octanol–water partition coefficient (Wildman–Crippen LogP) is 1.89. The number of rotatable bonds is 3. The first kappa shape index (κ1) is 9.71. The highest BCUT2D eigenvalue weighted by Crippen LogP contribution is 2.15.